The van der Waals surface area contributed by atoms with Gasteiger partial charge in [0.25, 0.3) is 0 Å². The first kappa shape index (κ1) is 8.92. The lowest BCUT2D eigenvalue weighted by atomic mass is 10.4. The molecule has 1 aromatic heterocycles. The van der Waals surface area contributed by atoms with Gasteiger partial charge in [0, 0.05) is 11.5 Å². The fourth-order valence-corrected chi connectivity index (χ4v) is 1.03. The molecule has 0 amide bonds. The molecule has 1 heterocycles. The van der Waals surface area contributed by atoms with Gasteiger partial charge in [0.15, 0.2) is 0 Å². The summed E-state index contributed by atoms with van der Waals surface area (Å²) in [6.45, 7) is 3.52. The van der Waals surface area contributed by atoms with E-state index in [9.17, 15) is 4.79 Å². The zero-order valence-corrected chi connectivity index (χ0v) is 7.59. The van der Waals surface area contributed by atoms with Crippen molar-refractivity contribution in [2.75, 3.05) is 5.73 Å². The highest BCUT2D eigenvalue weighted by Crippen LogP contribution is 2.13. The van der Waals surface area contributed by atoms with Gasteiger partial charge in [0.05, 0.1) is 6.10 Å². The predicted molar refractivity (Wildman–Crippen MR) is 44.9 cm³/mol. The van der Waals surface area contributed by atoms with Crippen molar-refractivity contribution in [1.29, 1.82) is 0 Å². The second-order valence-electron chi connectivity index (χ2n) is 2.44. The van der Waals surface area contributed by atoms with E-state index < -0.39 is 5.97 Å². The van der Waals surface area contributed by atoms with Gasteiger partial charge in [0.1, 0.15) is 5.00 Å². The molecule has 12 heavy (non-hydrogen) atoms. The summed E-state index contributed by atoms with van der Waals surface area (Å²) in [5.74, 6) is -0.517. The fraction of sp³-hybridized carbons (Fsp3) is 0.500. The summed E-state index contributed by atoms with van der Waals surface area (Å²) >= 11 is 0.976. The quantitative estimate of drug-likeness (QED) is 0.689. The van der Waals surface area contributed by atoms with Gasteiger partial charge in [-0.3, -0.25) is 0 Å². The Labute approximate surface area is 73.7 Å². The lowest BCUT2D eigenvalue weighted by Gasteiger charge is -2.04. The molecule has 0 radical (unpaired) electrons. The second-order valence-corrected chi connectivity index (χ2v) is 3.23. The van der Waals surface area contributed by atoms with E-state index in [2.05, 4.69) is 9.59 Å². The van der Waals surface area contributed by atoms with Crippen LogP contribution in [0, 0.1) is 0 Å². The average Bonchev–Trinajstić information content (AvgIpc) is 2.33. The molecule has 0 aliphatic carbocycles. The number of aromatic nitrogens is 2. The van der Waals surface area contributed by atoms with E-state index in [-0.39, 0.29) is 11.8 Å². The summed E-state index contributed by atoms with van der Waals surface area (Å²) in [4.78, 5) is 11.1. The van der Waals surface area contributed by atoms with Crippen LogP contribution in [-0.2, 0) is 4.74 Å². The molecule has 0 saturated carbocycles. The number of ether oxygens (including phenoxy) is 1. The van der Waals surface area contributed by atoms with Gasteiger partial charge in [-0.05, 0) is 13.8 Å². The Morgan fingerprint density at radius 2 is 2.33 bits per heavy atom. The molecule has 2 N–H and O–H groups in total. The Morgan fingerprint density at radius 1 is 1.67 bits per heavy atom. The third-order valence-electron chi connectivity index (χ3n) is 1.05. The van der Waals surface area contributed by atoms with Crippen LogP contribution in [0.1, 0.15) is 24.3 Å². The number of nitrogen functional groups attached to an aromatic ring is 1. The molecule has 5 nitrogen and oxygen atoms in total. The van der Waals surface area contributed by atoms with Gasteiger partial charge in [-0.25, -0.2) is 4.79 Å². The molecule has 6 heteroatoms. The number of carbonyl (C=O) groups excluding carboxylic acids is 1. The highest BCUT2D eigenvalue weighted by atomic mass is 32.1. The first-order valence-corrected chi connectivity index (χ1v) is 4.17. The van der Waals surface area contributed by atoms with Crippen LogP contribution in [0.5, 0.6) is 0 Å². The summed E-state index contributed by atoms with van der Waals surface area (Å²) in [5.41, 5.74) is 5.52. The largest absolute Gasteiger partial charge is 0.458 e. The molecule has 0 spiro atoms. The summed E-state index contributed by atoms with van der Waals surface area (Å²) in [6, 6.07) is 0. The van der Waals surface area contributed by atoms with Crippen LogP contribution in [0.25, 0.3) is 0 Å². The second kappa shape index (κ2) is 3.48. The van der Waals surface area contributed by atoms with Gasteiger partial charge in [-0.15, -0.1) is 5.10 Å². The molecule has 0 unspecified atom stereocenters. The molecule has 1 aromatic rings. The molecule has 0 aliphatic heterocycles. The van der Waals surface area contributed by atoms with Crippen LogP contribution < -0.4 is 5.73 Å². The van der Waals surface area contributed by atoms with E-state index in [1.54, 1.807) is 13.8 Å². The van der Waals surface area contributed by atoms with Crippen LogP contribution in [-0.4, -0.2) is 21.7 Å². The van der Waals surface area contributed by atoms with Gasteiger partial charge in [0.2, 0.25) is 5.69 Å². The maximum Gasteiger partial charge on any atom is 0.362 e. The van der Waals surface area contributed by atoms with Crippen LogP contribution in [0.4, 0.5) is 5.00 Å². The molecule has 0 bridgehead atoms. The third kappa shape index (κ3) is 1.91. The average molecular weight is 187 g/mol. The minimum Gasteiger partial charge on any atom is -0.458 e. The van der Waals surface area contributed by atoms with E-state index in [0.29, 0.717) is 5.00 Å². The zero-order valence-electron chi connectivity index (χ0n) is 6.77. The van der Waals surface area contributed by atoms with Gasteiger partial charge in [-0.1, -0.05) is 4.49 Å². The Bertz CT molecular complexity index is 284. The van der Waals surface area contributed by atoms with Crippen molar-refractivity contribution in [3.8, 4) is 0 Å². The summed E-state index contributed by atoms with van der Waals surface area (Å²) in [6.07, 6.45) is -0.168. The Morgan fingerprint density at radius 3 is 2.75 bits per heavy atom. The van der Waals surface area contributed by atoms with Crippen molar-refractivity contribution in [1.82, 2.24) is 9.59 Å². The maximum atomic E-state index is 11.1. The van der Waals surface area contributed by atoms with Gasteiger partial charge in [-0.2, -0.15) is 0 Å². The standard InChI is InChI=1S/C6H9N3O2S/c1-3(2)11-6(10)4-5(7)12-9-8-4/h3H,7H2,1-2H3. The van der Waals surface area contributed by atoms with Crippen molar-refractivity contribution < 1.29 is 9.53 Å². The first-order valence-electron chi connectivity index (χ1n) is 3.40. The fourth-order valence-electron chi connectivity index (χ4n) is 0.609. The Hall–Kier alpha value is -1.17. The van der Waals surface area contributed by atoms with Crippen LogP contribution in [0.2, 0.25) is 0 Å². The summed E-state index contributed by atoms with van der Waals surface area (Å²) in [5, 5.41) is 3.83. The highest BCUT2D eigenvalue weighted by Gasteiger charge is 2.16. The number of rotatable bonds is 2. The minimum atomic E-state index is -0.517. The monoisotopic (exact) mass is 187 g/mol. The molecule has 0 aromatic carbocycles. The lowest BCUT2D eigenvalue weighted by Crippen LogP contribution is -2.13. The third-order valence-corrected chi connectivity index (χ3v) is 1.60. The predicted octanol–water partition coefficient (Wildman–Crippen LogP) is 0.685. The molecule has 0 saturated heterocycles. The summed E-state index contributed by atoms with van der Waals surface area (Å²) < 4.78 is 8.38. The Balaban J connectivity index is 2.72. The van der Waals surface area contributed by atoms with Gasteiger partial charge < -0.3 is 10.5 Å². The topological polar surface area (TPSA) is 78.1 Å². The lowest BCUT2D eigenvalue weighted by molar-refractivity contribution is 0.0372. The number of esters is 1. The molecule has 0 aliphatic rings. The number of nitrogens with two attached hydrogens (primary N) is 1. The van der Waals surface area contributed by atoms with Crippen molar-refractivity contribution >= 4 is 22.5 Å². The molecular weight excluding hydrogens is 178 g/mol. The van der Waals surface area contributed by atoms with Crippen molar-refractivity contribution in [2.24, 2.45) is 0 Å². The first-order chi connectivity index (χ1) is 5.61. The smallest absolute Gasteiger partial charge is 0.362 e. The number of anilines is 1. The van der Waals surface area contributed by atoms with E-state index in [1.165, 1.54) is 0 Å². The van der Waals surface area contributed by atoms with Gasteiger partial charge >= 0.3 is 5.97 Å². The number of hydrogen-bond acceptors (Lipinski definition) is 6. The van der Waals surface area contributed by atoms with Crippen molar-refractivity contribution in [3.05, 3.63) is 5.69 Å². The van der Waals surface area contributed by atoms with Crippen molar-refractivity contribution in [3.63, 3.8) is 0 Å². The molecule has 66 valence electrons. The SMILES string of the molecule is CC(C)OC(=O)c1nnsc1N. The zero-order chi connectivity index (χ0) is 9.14. The van der Waals surface area contributed by atoms with Crippen LogP contribution in [0.15, 0.2) is 0 Å². The molecule has 0 atom stereocenters. The normalized spacial score (nSPS) is 10.2. The van der Waals surface area contributed by atoms with E-state index in [1.807, 2.05) is 0 Å². The van der Waals surface area contributed by atoms with Crippen LogP contribution in [0.3, 0.4) is 0 Å². The number of nitrogens with zero attached hydrogens (tertiary/aromatic N) is 2. The number of carbonyl (C=O) groups is 1. The minimum absolute atomic E-state index is 0.105. The molecular formula is C6H9N3O2S. The molecule has 1 rings (SSSR count). The van der Waals surface area contributed by atoms with Crippen molar-refractivity contribution in [2.45, 2.75) is 20.0 Å². The number of hydrogen-bond donors (Lipinski definition) is 1. The Kier molecular flexibility index (Phi) is 2.59. The van der Waals surface area contributed by atoms with E-state index in [4.69, 9.17) is 10.5 Å². The van der Waals surface area contributed by atoms with E-state index in [0.717, 1.165) is 11.5 Å². The van der Waals surface area contributed by atoms with Crippen LogP contribution >= 0.6 is 11.5 Å². The van der Waals surface area contributed by atoms with E-state index >= 15 is 0 Å². The molecule has 0 fully saturated rings. The highest BCUT2D eigenvalue weighted by molar-refractivity contribution is 7.10. The summed E-state index contributed by atoms with van der Waals surface area (Å²) in [7, 11) is 0. The maximum absolute atomic E-state index is 11.1.